The average Bonchev–Trinajstić information content (AvgIpc) is 2.50. The third-order valence-corrected chi connectivity index (χ3v) is 2.95. The SMILES string of the molecule is CC.CC.CCCC(CC(C)C)Nc1cccc(C(F)(F)F)c1. The molecule has 1 unspecified atom stereocenters. The maximum Gasteiger partial charge on any atom is 0.416 e. The molecule has 136 valence electrons. The van der Waals surface area contributed by atoms with Crippen molar-refractivity contribution in [2.75, 3.05) is 5.32 Å². The van der Waals surface area contributed by atoms with Crippen LogP contribution in [0, 0.1) is 5.92 Å². The van der Waals surface area contributed by atoms with E-state index in [0.29, 0.717) is 11.6 Å². The lowest BCUT2D eigenvalue weighted by atomic mass is 9.99. The lowest BCUT2D eigenvalue weighted by Crippen LogP contribution is -2.21. The van der Waals surface area contributed by atoms with Gasteiger partial charge >= 0.3 is 6.18 Å². The normalized spacial score (nSPS) is 11.8. The second kappa shape index (κ2) is 13.3. The fraction of sp³-hybridized carbons (Fsp3) is 0.684. The van der Waals surface area contributed by atoms with Crippen LogP contribution in [0.5, 0.6) is 0 Å². The van der Waals surface area contributed by atoms with E-state index in [1.165, 1.54) is 12.1 Å². The van der Waals surface area contributed by atoms with Gasteiger partial charge in [-0.2, -0.15) is 13.2 Å². The summed E-state index contributed by atoms with van der Waals surface area (Å²) in [6.45, 7) is 14.3. The van der Waals surface area contributed by atoms with Crippen LogP contribution >= 0.6 is 0 Å². The highest BCUT2D eigenvalue weighted by atomic mass is 19.4. The largest absolute Gasteiger partial charge is 0.416 e. The van der Waals surface area contributed by atoms with E-state index in [-0.39, 0.29) is 6.04 Å². The smallest absolute Gasteiger partial charge is 0.382 e. The van der Waals surface area contributed by atoms with Crippen molar-refractivity contribution < 1.29 is 13.2 Å². The first kappa shape index (κ1) is 24.1. The molecule has 1 aromatic rings. The Morgan fingerprint density at radius 2 is 1.61 bits per heavy atom. The molecule has 0 aromatic heterocycles. The Kier molecular flexibility index (Phi) is 13.9. The summed E-state index contributed by atoms with van der Waals surface area (Å²) in [4.78, 5) is 0. The Bertz CT molecular complexity index is 386. The van der Waals surface area contributed by atoms with Gasteiger partial charge in [0.1, 0.15) is 0 Å². The Morgan fingerprint density at radius 3 is 2.04 bits per heavy atom. The monoisotopic (exact) mass is 333 g/mol. The van der Waals surface area contributed by atoms with Gasteiger partial charge in [0.2, 0.25) is 0 Å². The van der Waals surface area contributed by atoms with Crippen molar-refractivity contribution in [1.29, 1.82) is 0 Å². The van der Waals surface area contributed by atoms with Gasteiger partial charge in [-0.1, -0.05) is 61.0 Å². The van der Waals surface area contributed by atoms with Gasteiger partial charge in [-0.15, -0.1) is 0 Å². The zero-order chi connectivity index (χ0) is 18.5. The molecular formula is C19H34F3N. The summed E-state index contributed by atoms with van der Waals surface area (Å²) >= 11 is 0. The first-order valence-corrected chi connectivity index (χ1v) is 8.76. The molecule has 23 heavy (non-hydrogen) atoms. The van der Waals surface area contributed by atoms with E-state index in [0.717, 1.165) is 25.3 Å². The summed E-state index contributed by atoms with van der Waals surface area (Å²) < 4.78 is 37.9. The highest BCUT2D eigenvalue weighted by Gasteiger charge is 2.30. The molecule has 0 amide bonds. The van der Waals surface area contributed by atoms with Gasteiger partial charge < -0.3 is 5.32 Å². The average molecular weight is 333 g/mol. The summed E-state index contributed by atoms with van der Waals surface area (Å²) in [6, 6.07) is 5.65. The minimum atomic E-state index is -4.28. The summed E-state index contributed by atoms with van der Waals surface area (Å²) in [5, 5.41) is 3.22. The molecule has 1 aromatic carbocycles. The molecule has 0 radical (unpaired) electrons. The van der Waals surface area contributed by atoms with Crippen LogP contribution in [0.4, 0.5) is 18.9 Å². The van der Waals surface area contributed by atoms with Gasteiger partial charge in [0, 0.05) is 11.7 Å². The lowest BCUT2D eigenvalue weighted by molar-refractivity contribution is -0.137. The van der Waals surface area contributed by atoms with Crippen molar-refractivity contribution in [1.82, 2.24) is 0 Å². The van der Waals surface area contributed by atoms with Crippen molar-refractivity contribution >= 4 is 5.69 Å². The molecule has 0 aliphatic carbocycles. The maximum absolute atomic E-state index is 12.6. The predicted molar refractivity (Wildman–Crippen MR) is 95.9 cm³/mol. The Morgan fingerprint density at radius 1 is 1.04 bits per heavy atom. The molecule has 1 nitrogen and oxygen atoms in total. The van der Waals surface area contributed by atoms with Gasteiger partial charge in [0.25, 0.3) is 0 Å². The van der Waals surface area contributed by atoms with Crippen LogP contribution in [-0.2, 0) is 6.18 Å². The second-order valence-corrected chi connectivity index (χ2v) is 5.34. The molecule has 4 heteroatoms. The summed E-state index contributed by atoms with van der Waals surface area (Å²) in [5.74, 6) is 0.523. The zero-order valence-electron chi connectivity index (χ0n) is 15.7. The van der Waals surface area contributed by atoms with E-state index in [2.05, 4.69) is 26.1 Å². The van der Waals surface area contributed by atoms with Gasteiger partial charge in [-0.3, -0.25) is 0 Å². The van der Waals surface area contributed by atoms with Gasteiger partial charge in [-0.25, -0.2) is 0 Å². The number of benzene rings is 1. The van der Waals surface area contributed by atoms with E-state index in [1.807, 2.05) is 27.7 Å². The van der Waals surface area contributed by atoms with Crippen molar-refractivity contribution in [3.8, 4) is 0 Å². The van der Waals surface area contributed by atoms with E-state index >= 15 is 0 Å². The topological polar surface area (TPSA) is 12.0 Å². The second-order valence-electron chi connectivity index (χ2n) is 5.34. The van der Waals surface area contributed by atoms with E-state index in [9.17, 15) is 13.2 Å². The van der Waals surface area contributed by atoms with Crippen LogP contribution in [0.2, 0.25) is 0 Å². The molecule has 0 saturated heterocycles. The third kappa shape index (κ3) is 11.1. The number of alkyl halides is 3. The molecule has 0 fully saturated rings. The molecular weight excluding hydrogens is 299 g/mol. The van der Waals surface area contributed by atoms with E-state index < -0.39 is 11.7 Å². The molecule has 1 atom stereocenters. The van der Waals surface area contributed by atoms with Crippen LogP contribution in [0.25, 0.3) is 0 Å². The summed E-state index contributed by atoms with van der Waals surface area (Å²) in [6.07, 6.45) is -1.34. The summed E-state index contributed by atoms with van der Waals surface area (Å²) in [7, 11) is 0. The fourth-order valence-corrected chi connectivity index (χ4v) is 2.19. The van der Waals surface area contributed by atoms with Crippen LogP contribution in [-0.4, -0.2) is 6.04 Å². The van der Waals surface area contributed by atoms with Gasteiger partial charge in [0.05, 0.1) is 5.56 Å². The van der Waals surface area contributed by atoms with Gasteiger partial charge in [0.15, 0.2) is 0 Å². The minimum Gasteiger partial charge on any atom is -0.382 e. The highest BCUT2D eigenvalue weighted by molar-refractivity contribution is 5.47. The van der Waals surface area contributed by atoms with Crippen molar-refractivity contribution in [3.63, 3.8) is 0 Å². The van der Waals surface area contributed by atoms with Crippen LogP contribution in [0.1, 0.15) is 73.3 Å². The molecule has 0 saturated carbocycles. The quantitative estimate of drug-likeness (QED) is 0.572. The molecule has 0 aliphatic rings. The first-order chi connectivity index (χ1) is 10.8. The fourth-order valence-electron chi connectivity index (χ4n) is 2.19. The number of nitrogens with one attached hydrogen (secondary N) is 1. The number of rotatable bonds is 6. The number of halogens is 3. The number of hydrogen-bond donors (Lipinski definition) is 1. The van der Waals surface area contributed by atoms with Crippen LogP contribution < -0.4 is 5.32 Å². The lowest BCUT2D eigenvalue weighted by Gasteiger charge is -2.22. The molecule has 0 heterocycles. The molecule has 0 spiro atoms. The highest BCUT2D eigenvalue weighted by Crippen LogP contribution is 2.31. The number of hydrogen-bond acceptors (Lipinski definition) is 1. The Balaban J connectivity index is 0. The standard InChI is InChI=1S/C15H22F3N.2C2H6/c1-4-6-13(9-11(2)3)19-14-8-5-7-12(10-14)15(16,17)18;2*1-2/h5,7-8,10-11,13,19H,4,6,9H2,1-3H3;2*1-2H3. The van der Waals surface area contributed by atoms with E-state index in [1.54, 1.807) is 6.07 Å². The first-order valence-electron chi connectivity index (χ1n) is 8.76. The molecule has 1 N–H and O–H groups in total. The Labute approximate surface area is 140 Å². The summed E-state index contributed by atoms with van der Waals surface area (Å²) in [5.41, 5.74) is -0.0498. The van der Waals surface area contributed by atoms with Gasteiger partial charge in [-0.05, 0) is 37.0 Å². The van der Waals surface area contributed by atoms with Crippen molar-refractivity contribution in [2.24, 2.45) is 5.92 Å². The molecule has 0 aliphatic heterocycles. The zero-order valence-corrected chi connectivity index (χ0v) is 15.7. The molecule has 0 bridgehead atoms. The van der Waals surface area contributed by atoms with Crippen molar-refractivity contribution in [2.45, 2.75) is 79.9 Å². The maximum atomic E-state index is 12.6. The van der Waals surface area contributed by atoms with E-state index in [4.69, 9.17) is 0 Å². The molecule has 1 rings (SSSR count). The van der Waals surface area contributed by atoms with Crippen LogP contribution in [0.3, 0.4) is 0 Å². The third-order valence-electron chi connectivity index (χ3n) is 2.95. The van der Waals surface area contributed by atoms with Crippen molar-refractivity contribution in [3.05, 3.63) is 29.8 Å². The van der Waals surface area contributed by atoms with Crippen LogP contribution in [0.15, 0.2) is 24.3 Å². The number of anilines is 1. The Hall–Kier alpha value is -1.19. The minimum absolute atomic E-state index is 0.230. The predicted octanol–water partition coefficient (Wildman–Crippen LogP) is 7.38.